The van der Waals surface area contributed by atoms with Gasteiger partial charge in [0.25, 0.3) is 11.6 Å². The lowest BCUT2D eigenvalue weighted by atomic mass is 10.1. The second-order valence-electron chi connectivity index (χ2n) is 5.54. The van der Waals surface area contributed by atoms with Crippen LogP contribution in [0.4, 0.5) is 11.4 Å². The Bertz CT molecular complexity index is 804. The fourth-order valence-electron chi connectivity index (χ4n) is 2.26. The van der Waals surface area contributed by atoms with Crippen LogP contribution in [0, 0.1) is 17.0 Å². The number of hydrogen-bond acceptors (Lipinski definition) is 5. The minimum atomic E-state index is -1.03. The van der Waals surface area contributed by atoms with Crippen molar-refractivity contribution in [3.8, 4) is 0 Å². The van der Waals surface area contributed by atoms with Crippen LogP contribution in [0.3, 0.4) is 0 Å². The maximum absolute atomic E-state index is 12.4. The first-order chi connectivity index (χ1) is 11.8. The van der Waals surface area contributed by atoms with Crippen LogP contribution in [-0.4, -0.2) is 30.0 Å². The first kappa shape index (κ1) is 18.1. The van der Waals surface area contributed by atoms with Crippen LogP contribution in [-0.2, 0) is 9.53 Å². The number of amides is 1. The minimum Gasteiger partial charge on any atom is -0.449 e. The molecule has 1 amide bonds. The van der Waals surface area contributed by atoms with Gasteiger partial charge in [-0.15, -0.1) is 0 Å². The Morgan fingerprint density at radius 3 is 2.40 bits per heavy atom. The first-order valence-electron chi connectivity index (χ1n) is 7.60. The van der Waals surface area contributed by atoms with Crippen molar-refractivity contribution >= 4 is 23.3 Å². The highest BCUT2D eigenvalue weighted by atomic mass is 16.6. The van der Waals surface area contributed by atoms with E-state index >= 15 is 0 Å². The summed E-state index contributed by atoms with van der Waals surface area (Å²) in [5.41, 5.74) is 0.963. The summed E-state index contributed by atoms with van der Waals surface area (Å²) in [7, 11) is 1.58. The molecule has 0 heterocycles. The van der Waals surface area contributed by atoms with E-state index in [0.29, 0.717) is 11.3 Å². The molecule has 7 heteroatoms. The Morgan fingerprint density at radius 2 is 1.80 bits per heavy atom. The van der Waals surface area contributed by atoms with Crippen LogP contribution >= 0.6 is 0 Å². The number of aryl methyl sites for hydroxylation is 1. The summed E-state index contributed by atoms with van der Waals surface area (Å²) >= 11 is 0. The summed E-state index contributed by atoms with van der Waals surface area (Å²) in [6, 6.07) is 13.0. The van der Waals surface area contributed by atoms with Gasteiger partial charge in [-0.3, -0.25) is 14.9 Å². The summed E-state index contributed by atoms with van der Waals surface area (Å²) in [5.74, 6) is -1.19. The summed E-state index contributed by atoms with van der Waals surface area (Å²) in [6.07, 6.45) is -1.03. The van der Waals surface area contributed by atoms with Gasteiger partial charge in [0.2, 0.25) is 0 Å². The van der Waals surface area contributed by atoms with E-state index in [0.717, 1.165) is 6.07 Å². The van der Waals surface area contributed by atoms with Crippen LogP contribution in [0.25, 0.3) is 0 Å². The van der Waals surface area contributed by atoms with Gasteiger partial charge in [-0.25, -0.2) is 4.79 Å². The van der Waals surface area contributed by atoms with Gasteiger partial charge in [-0.05, 0) is 32.0 Å². The highest BCUT2D eigenvalue weighted by molar-refractivity contribution is 5.98. The second-order valence-corrected chi connectivity index (χ2v) is 5.54. The van der Waals surface area contributed by atoms with E-state index in [1.54, 1.807) is 38.2 Å². The molecule has 0 unspecified atom stereocenters. The zero-order chi connectivity index (χ0) is 18.6. The summed E-state index contributed by atoms with van der Waals surface area (Å²) in [6.45, 7) is 3.04. The van der Waals surface area contributed by atoms with E-state index in [4.69, 9.17) is 4.74 Å². The van der Waals surface area contributed by atoms with Crippen molar-refractivity contribution in [3.05, 3.63) is 69.8 Å². The zero-order valence-electron chi connectivity index (χ0n) is 14.1. The number of likely N-dealkylation sites (N-methyl/N-ethyl adjacent to an activating group) is 1. The molecule has 0 saturated carbocycles. The number of nitro benzene ring substituents is 1. The van der Waals surface area contributed by atoms with Crippen molar-refractivity contribution in [2.75, 3.05) is 11.9 Å². The third kappa shape index (κ3) is 4.20. The summed E-state index contributed by atoms with van der Waals surface area (Å²) in [5, 5.41) is 11.0. The molecular weight excluding hydrogens is 324 g/mol. The molecule has 25 heavy (non-hydrogen) atoms. The SMILES string of the molecule is Cc1ccc(C(=O)O[C@@H](C)C(=O)N(C)c2ccccc2)cc1[N+](=O)[O-]. The van der Waals surface area contributed by atoms with Crippen molar-refractivity contribution in [2.45, 2.75) is 20.0 Å². The quantitative estimate of drug-likeness (QED) is 0.473. The molecule has 0 N–H and O–H groups in total. The van der Waals surface area contributed by atoms with Crippen LogP contribution in [0.1, 0.15) is 22.8 Å². The molecule has 0 aliphatic carbocycles. The number of anilines is 1. The molecule has 0 spiro atoms. The number of carbonyl (C=O) groups excluding carboxylic acids is 2. The van der Waals surface area contributed by atoms with E-state index in [-0.39, 0.29) is 11.3 Å². The van der Waals surface area contributed by atoms with E-state index < -0.39 is 22.9 Å². The number of ether oxygens (including phenoxy) is 1. The van der Waals surface area contributed by atoms with E-state index in [1.165, 1.54) is 24.0 Å². The van der Waals surface area contributed by atoms with Crippen LogP contribution < -0.4 is 4.90 Å². The lowest BCUT2D eigenvalue weighted by Gasteiger charge is -2.21. The Hall–Kier alpha value is -3.22. The average molecular weight is 342 g/mol. The number of nitrogens with zero attached hydrogens (tertiary/aromatic N) is 2. The number of hydrogen-bond donors (Lipinski definition) is 0. The molecule has 0 bridgehead atoms. The molecule has 2 aromatic carbocycles. The Kier molecular flexibility index (Phi) is 5.49. The lowest BCUT2D eigenvalue weighted by Crippen LogP contribution is -2.37. The zero-order valence-corrected chi connectivity index (χ0v) is 14.1. The highest BCUT2D eigenvalue weighted by Gasteiger charge is 2.24. The molecule has 0 radical (unpaired) electrons. The molecule has 130 valence electrons. The van der Waals surface area contributed by atoms with E-state index in [1.807, 2.05) is 6.07 Å². The van der Waals surface area contributed by atoms with Gasteiger partial charge < -0.3 is 9.64 Å². The summed E-state index contributed by atoms with van der Waals surface area (Å²) in [4.78, 5) is 36.4. The van der Waals surface area contributed by atoms with Gasteiger partial charge in [0.1, 0.15) is 0 Å². The average Bonchev–Trinajstić information content (AvgIpc) is 2.61. The first-order valence-corrected chi connectivity index (χ1v) is 7.60. The number of para-hydroxylation sites is 1. The van der Waals surface area contributed by atoms with Crippen molar-refractivity contribution in [2.24, 2.45) is 0 Å². The lowest BCUT2D eigenvalue weighted by molar-refractivity contribution is -0.385. The van der Waals surface area contributed by atoms with Gasteiger partial charge in [0.05, 0.1) is 10.5 Å². The van der Waals surface area contributed by atoms with Gasteiger partial charge in [-0.2, -0.15) is 0 Å². The maximum atomic E-state index is 12.4. The normalized spacial score (nSPS) is 11.5. The Balaban J connectivity index is 2.11. The monoisotopic (exact) mass is 342 g/mol. The number of esters is 1. The largest absolute Gasteiger partial charge is 0.449 e. The Morgan fingerprint density at radius 1 is 1.16 bits per heavy atom. The fourth-order valence-corrected chi connectivity index (χ4v) is 2.26. The minimum absolute atomic E-state index is 0.0271. The number of benzene rings is 2. The molecule has 2 rings (SSSR count). The standard InChI is InChI=1S/C18H18N2O5/c1-12-9-10-14(11-16(12)20(23)24)18(22)25-13(2)17(21)19(3)15-7-5-4-6-8-15/h4-11,13H,1-3H3/t13-/m0/s1. The fraction of sp³-hybridized carbons (Fsp3) is 0.222. The van der Waals surface area contributed by atoms with Crippen molar-refractivity contribution in [1.29, 1.82) is 0 Å². The molecule has 0 saturated heterocycles. The van der Waals surface area contributed by atoms with Gasteiger partial charge in [0.15, 0.2) is 6.10 Å². The summed E-state index contributed by atoms with van der Waals surface area (Å²) < 4.78 is 5.16. The number of rotatable bonds is 5. The molecule has 0 fully saturated rings. The molecule has 2 aromatic rings. The second kappa shape index (κ2) is 7.57. The van der Waals surface area contributed by atoms with Crippen molar-refractivity contribution in [1.82, 2.24) is 0 Å². The maximum Gasteiger partial charge on any atom is 0.339 e. The molecule has 0 aliphatic rings. The number of carbonyl (C=O) groups is 2. The van der Waals surface area contributed by atoms with Gasteiger partial charge >= 0.3 is 5.97 Å². The van der Waals surface area contributed by atoms with Crippen molar-refractivity contribution in [3.63, 3.8) is 0 Å². The molecular formula is C18H18N2O5. The van der Waals surface area contributed by atoms with Crippen LogP contribution in [0.15, 0.2) is 48.5 Å². The van der Waals surface area contributed by atoms with E-state index in [9.17, 15) is 19.7 Å². The van der Waals surface area contributed by atoms with Crippen LogP contribution in [0.2, 0.25) is 0 Å². The third-order valence-corrected chi connectivity index (χ3v) is 3.75. The van der Waals surface area contributed by atoms with Gasteiger partial charge in [0, 0.05) is 24.4 Å². The van der Waals surface area contributed by atoms with Crippen LogP contribution in [0.5, 0.6) is 0 Å². The third-order valence-electron chi connectivity index (χ3n) is 3.75. The number of nitro groups is 1. The molecule has 0 aromatic heterocycles. The molecule has 7 nitrogen and oxygen atoms in total. The Labute approximate surface area is 145 Å². The smallest absolute Gasteiger partial charge is 0.339 e. The molecule has 1 atom stereocenters. The van der Waals surface area contributed by atoms with Gasteiger partial charge in [-0.1, -0.05) is 24.3 Å². The highest BCUT2D eigenvalue weighted by Crippen LogP contribution is 2.20. The predicted molar refractivity (Wildman–Crippen MR) is 92.6 cm³/mol. The molecule has 0 aliphatic heterocycles. The van der Waals surface area contributed by atoms with E-state index in [2.05, 4.69) is 0 Å². The predicted octanol–water partition coefficient (Wildman–Crippen LogP) is 3.11. The topological polar surface area (TPSA) is 89.8 Å². The van der Waals surface area contributed by atoms with Crippen molar-refractivity contribution < 1.29 is 19.2 Å².